The molecule has 1 unspecified atom stereocenters. The van der Waals surface area contributed by atoms with Crippen molar-refractivity contribution in [3.8, 4) is 5.75 Å². The lowest BCUT2D eigenvalue weighted by molar-refractivity contribution is 0.161. The molecule has 0 fully saturated rings. The number of hydrogen-bond donors (Lipinski definition) is 3. The second-order valence-corrected chi connectivity index (χ2v) is 6.38. The highest BCUT2D eigenvalue weighted by Crippen LogP contribution is 2.26. The molecule has 0 aliphatic heterocycles. The largest absolute Gasteiger partial charge is 0.496 e. The fourth-order valence-corrected chi connectivity index (χ4v) is 2.42. The van der Waals surface area contributed by atoms with E-state index in [1.807, 2.05) is 25.1 Å². The standard InChI is InChI=1S/C17H29NO3/c1-13-6-7-16(21-4)14(10-13)15(20)11-18-12-17(2,3)8-5-9-19/h6-7,10,15,18-20H,5,8-9,11-12H2,1-4H3. The highest BCUT2D eigenvalue weighted by atomic mass is 16.5. The van der Waals surface area contributed by atoms with Crippen LogP contribution >= 0.6 is 0 Å². The van der Waals surface area contributed by atoms with E-state index in [0.29, 0.717) is 6.54 Å². The van der Waals surface area contributed by atoms with Gasteiger partial charge in [-0.05, 0) is 37.3 Å². The maximum absolute atomic E-state index is 10.3. The lowest BCUT2D eigenvalue weighted by Gasteiger charge is -2.26. The topological polar surface area (TPSA) is 61.7 Å². The first kappa shape index (κ1) is 18.0. The van der Waals surface area contributed by atoms with E-state index in [4.69, 9.17) is 9.84 Å². The number of aliphatic hydroxyl groups excluding tert-OH is 2. The second kappa shape index (κ2) is 8.37. The van der Waals surface area contributed by atoms with E-state index >= 15 is 0 Å². The van der Waals surface area contributed by atoms with Crippen molar-refractivity contribution < 1.29 is 14.9 Å². The van der Waals surface area contributed by atoms with E-state index in [9.17, 15) is 5.11 Å². The Bertz CT molecular complexity index is 432. The molecule has 0 aromatic heterocycles. The van der Waals surface area contributed by atoms with Crippen LogP contribution in [0.4, 0.5) is 0 Å². The van der Waals surface area contributed by atoms with E-state index in [-0.39, 0.29) is 12.0 Å². The van der Waals surface area contributed by atoms with Crippen LogP contribution in [-0.4, -0.2) is 37.0 Å². The van der Waals surface area contributed by atoms with Crippen molar-refractivity contribution in [3.05, 3.63) is 29.3 Å². The van der Waals surface area contributed by atoms with Crippen LogP contribution < -0.4 is 10.1 Å². The Hall–Kier alpha value is -1.10. The van der Waals surface area contributed by atoms with Crippen LogP contribution in [0.3, 0.4) is 0 Å². The first-order valence-corrected chi connectivity index (χ1v) is 7.54. The molecule has 1 atom stereocenters. The summed E-state index contributed by atoms with van der Waals surface area (Å²) < 4.78 is 5.31. The molecule has 0 aliphatic carbocycles. The lowest BCUT2D eigenvalue weighted by Crippen LogP contribution is -2.32. The summed E-state index contributed by atoms with van der Waals surface area (Å²) in [5, 5.41) is 22.6. The third kappa shape index (κ3) is 6.04. The van der Waals surface area contributed by atoms with Crippen LogP contribution in [0.5, 0.6) is 5.75 Å². The molecule has 1 aromatic carbocycles. The van der Waals surface area contributed by atoms with Gasteiger partial charge in [0.1, 0.15) is 5.75 Å². The Kier molecular flexibility index (Phi) is 7.15. The first-order valence-electron chi connectivity index (χ1n) is 7.54. The summed E-state index contributed by atoms with van der Waals surface area (Å²) in [5.74, 6) is 0.717. The molecule has 4 nitrogen and oxygen atoms in total. The summed E-state index contributed by atoms with van der Waals surface area (Å²) in [4.78, 5) is 0. The van der Waals surface area contributed by atoms with E-state index in [0.717, 1.165) is 36.3 Å². The highest BCUT2D eigenvalue weighted by molar-refractivity contribution is 5.38. The minimum atomic E-state index is -0.589. The summed E-state index contributed by atoms with van der Waals surface area (Å²) in [6, 6.07) is 5.82. The molecule has 4 heteroatoms. The number of methoxy groups -OCH3 is 1. The number of benzene rings is 1. The van der Waals surface area contributed by atoms with Gasteiger partial charge >= 0.3 is 0 Å². The Labute approximate surface area is 128 Å². The zero-order valence-corrected chi connectivity index (χ0v) is 13.6. The second-order valence-electron chi connectivity index (χ2n) is 6.38. The molecular weight excluding hydrogens is 266 g/mol. The summed E-state index contributed by atoms with van der Waals surface area (Å²) in [7, 11) is 1.62. The summed E-state index contributed by atoms with van der Waals surface area (Å²) >= 11 is 0. The molecule has 3 N–H and O–H groups in total. The van der Waals surface area contributed by atoms with Crippen molar-refractivity contribution in [1.82, 2.24) is 5.32 Å². The maximum Gasteiger partial charge on any atom is 0.124 e. The van der Waals surface area contributed by atoms with Gasteiger partial charge in [0.2, 0.25) is 0 Å². The minimum Gasteiger partial charge on any atom is -0.496 e. The highest BCUT2D eigenvalue weighted by Gasteiger charge is 2.18. The van der Waals surface area contributed by atoms with Crippen LogP contribution in [0.2, 0.25) is 0 Å². The molecule has 120 valence electrons. The normalized spacial score (nSPS) is 13.2. The van der Waals surface area contributed by atoms with Gasteiger partial charge in [-0.25, -0.2) is 0 Å². The third-order valence-electron chi connectivity index (χ3n) is 3.70. The Balaban J connectivity index is 2.54. The number of hydrogen-bond acceptors (Lipinski definition) is 4. The van der Waals surface area contributed by atoms with Crippen molar-refractivity contribution in [1.29, 1.82) is 0 Å². The Morgan fingerprint density at radius 2 is 2.05 bits per heavy atom. The summed E-state index contributed by atoms with van der Waals surface area (Å²) in [6.45, 7) is 7.85. The summed E-state index contributed by atoms with van der Waals surface area (Å²) in [5.41, 5.74) is 2.03. The molecule has 0 radical (unpaired) electrons. The molecule has 0 amide bonds. The average Bonchev–Trinajstić information content (AvgIpc) is 2.44. The molecule has 0 bridgehead atoms. The molecule has 1 aromatic rings. The van der Waals surface area contributed by atoms with E-state index in [2.05, 4.69) is 19.2 Å². The quantitative estimate of drug-likeness (QED) is 0.655. The minimum absolute atomic E-state index is 0.110. The smallest absolute Gasteiger partial charge is 0.124 e. The zero-order chi connectivity index (χ0) is 15.9. The lowest BCUT2D eigenvalue weighted by atomic mass is 9.88. The molecule has 21 heavy (non-hydrogen) atoms. The van der Waals surface area contributed by atoms with E-state index in [1.165, 1.54) is 0 Å². The fourth-order valence-electron chi connectivity index (χ4n) is 2.42. The maximum atomic E-state index is 10.3. The molecule has 1 rings (SSSR count). The van der Waals surface area contributed by atoms with Crippen molar-refractivity contribution in [2.24, 2.45) is 5.41 Å². The molecular formula is C17H29NO3. The summed E-state index contributed by atoms with van der Waals surface area (Å²) in [6.07, 6.45) is 1.18. The monoisotopic (exact) mass is 295 g/mol. The van der Waals surface area contributed by atoms with Gasteiger partial charge in [0.25, 0.3) is 0 Å². The van der Waals surface area contributed by atoms with Crippen molar-refractivity contribution in [3.63, 3.8) is 0 Å². The third-order valence-corrected chi connectivity index (χ3v) is 3.70. The zero-order valence-electron chi connectivity index (χ0n) is 13.6. The number of nitrogens with one attached hydrogen (secondary N) is 1. The van der Waals surface area contributed by atoms with Crippen LogP contribution in [0.25, 0.3) is 0 Å². The van der Waals surface area contributed by atoms with Gasteiger partial charge in [-0.2, -0.15) is 0 Å². The van der Waals surface area contributed by atoms with Gasteiger partial charge in [-0.15, -0.1) is 0 Å². The van der Waals surface area contributed by atoms with Crippen LogP contribution in [0.1, 0.15) is 43.9 Å². The van der Waals surface area contributed by atoms with Gasteiger partial charge in [-0.3, -0.25) is 0 Å². The molecule has 0 aliphatic rings. The molecule has 0 spiro atoms. The van der Waals surface area contributed by atoms with Crippen molar-refractivity contribution in [2.45, 2.75) is 39.7 Å². The molecule has 0 saturated carbocycles. The Morgan fingerprint density at radius 1 is 1.33 bits per heavy atom. The first-order chi connectivity index (χ1) is 9.89. The van der Waals surface area contributed by atoms with E-state index in [1.54, 1.807) is 7.11 Å². The van der Waals surface area contributed by atoms with Gasteiger partial charge in [0.05, 0.1) is 13.2 Å². The van der Waals surface area contributed by atoms with E-state index < -0.39 is 6.10 Å². The SMILES string of the molecule is COc1ccc(C)cc1C(O)CNCC(C)(C)CCCO. The average molecular weight is 295 g/mol. The number of aryl methyl sites for hydroxylation is 1. The van der Waals surface area contributed by atoms with Crippen LogP contribution in [0, 0.1) is 12.3 Å². The Morgan fingerprint density at radius 3 is 2.67 bits per heavy atom. The predicted octanol–water partition coefficient (Wildman–Crippen LogP) is 2.43. The predicted molar refractivity (Wildman–Crippen MR) is 85.7 cm³/mol. The van der Waals surface area contributed by atoms with Gasteiger partial charge in [-0.1, -0.05) is 25.5 Å². The van der Waals surface area contributed by atoms with Crippen molar-refractivity contribution >= 4 is 0 Å². The molecule has 0 heterocycles. The number of ether oxygens (including phenoxy) is 1. The number of aliphatic hydroxyl groups is 2. The van der Waals surface area contributed by atoms with Crippen molar-refractivity contribution in [2.75, 3.05) is 26.8 Å². The molecule has 0 saturated heterocycles. The van der Waals surface area contributed by atoms with Crippen LogP contribution in [-0.2, 0) is 0 Å². The fraction of sp³-hybridized carbons (Fsp3) is 0.647. The van der Waals surface area contributed by atoms with Gasteiger partial charge < -0.3 is 20.3 Å². The number of rotatable bonds is 9. The van der Waals surface area contributed by atoms with Gasteiger partial charge in [0.15, 0.2) is 0 Å². The van der Waals surface area contributed by atoms with Crippen LogP contribution in [0.15, 0.2) is 18.2 Å². The van der Waals surface area contributed by atoms with Gasteiger partial charge in [0, 0.05) is 25.3 Å².